The van der Waals surface area contributed by atoms with Gasteiger partial charge in [-0.25, -0.2) is 0 Å². The lowest BCUT2D eigenvalue weighted by atomic mass is 10.1. The number of aliphatic hydroxyl groups excluding tert-OH is 1. The minimum absolute atomic E-state index is 0.0405. The first-order valence-electron chi connectivity index (χ1n) is 6.56. The zero-order valence-electron chi connectivity index (χ0n) is 11.6. The predicted octanol–water partition coefficient (Wildman–Crippen LogP) is 3.68. The van der Waals surface area contributed by atoms with E-state index in [2.05, 4.69) is 5.32 Å². The number of hydrogen-bond donors (Lipinski definition) is 2. The van der Waals surface area contributed by atoms with Crippen LogP contribution >= 0.6 is 11.8 Å². The molecule has 114 valence electrons. The van der Waals surface area contributed by atoms with Crippen LogP contribution < -0.4 is 5.32 Å². The summed E-state index contributed by atoms with van der Waals surface area (Å²) < 4.78 is 39.2. The number of rotatable bonds is 7. The number of nitrogens with one attached hydrogen (secondary N) is 1. The molecule has 6 heteroatoms. The maximum Gasteiger partial charge on any atom is 0.416 e. The van der Waals surface area contributed by atoms with Gasteiger partial charge in [-0.15, -0.1) is 11.8 Å². The molecule has 0 bridgehead atoms. The van der Waals surface area contributed by atoms with Crippen molar-refractivity contribution in [1.82, 2.24) is 5.32 Å². The van der Waals surface area contributed by atoms with E-state index >= 15 is 0 Å². The van der Waals surface area contributed by atoms with Crippen molar-refractivity contribution in [3.05, 3.63) is 29.3 Å². The number of alkyl halides is 3. The van der Waals surface area contributed by atoms with Crippen molar-refractivity contribution in [3.63, 3.8) is 0 Å². The third-order valence-electron chi connectivity index (χ3n) is 2.83. The molecule has 0 fully saturated rings. The third-order valence-corrected chi connectivity index (χ3v) is 3.99. The summed E-state index contributed by atoms with van der Waals surface area (Å²) >= 11 is 1.35. The molecule has 0 amide bonds. The van der Waals surface area contributed by atoms with Gasteiger partial charge >= 0.3 is 6.18 Å². The number of hydrogen-bond acceptors (Lipinski definition) is 3. The van der Waals surface area contributed by atoms with Crippen LogP contribution in [-0.4, -0.2) is 23.5 Å². The maximum atomic E-state index is 13.1. The first kappa shape index (κ1) is 17.3. The highest BCUT2D eigenvalue weighted by molar-refractivity contribution is 7.99. The molecular formula is C14H20F3NOS. The molecule has 20 heavy (non-hydrogen) atoms. The van der Waals surface area contributed by atoms with E-state index in [0.29, 0.717) is 17.9 Å². The molecule has 1 rings (SSSR count). The van der Waals surface area contributed by atoms with Gasteiger partial charge in [0.15, 0.2) is 0 Å². The van der Waals surface area contributed by atoms with Gasteiger partial charge in [-0.1, -0.05) is 19.9 Å². The molecule has 1 atom stereocenters. The quantitative estimate of drug-likeness (QED) is 0.754. The molecule has 0 aromatic heterocycles. The number of aliphatic hydroxyl groups is 1. The first-order valence-corrected chi connectivity index (χ1v) is 7.44. The second-order valence-electron chi connectivity index (χ2n) is 4.54. The SMILES string of the molecule is CCNCc1ccc(SC(C)CCO)cc1C(F)(F)F. The third kappa shape index (κ3) is 5.34. The second kappa shape index (κ2) is 7.90. The van der Waals surface area contributed by atoms with Crippen LogP contribution in [0.2, 0.25) is 0 Å². The number of benzene rings is 1. The summed E-state index contributed by atoms with van der Waals surface area (Å²) in [6, 6.07) is 4.44. The van der Waals surface area contributed by atoms with E-state index in [0.717, 1.165) is 0 Å². The average Bonchev–Trinajstić information content (AvgIpc) is 2.36. The van der Waals surface area contributed by atoms with Gasteiger partial charge in [0, 0.05) is 23.3 Å². The molecule has 0 saturated heterocycles. The Labute approximate surface area is 121 Å². The highest BCUT2D eigenvalue weighted by Crippen LogP contribution is 2.36. The van der Waals surface area contributed by atoms with Crippen LogP contribution in [0.3, 0.4) is 0 Å². The monoisotopic (exact) mass is 307 g/mol. The molecule has 0 aliphatic carbocycles. The summed E-state index contributed by atoms with van der Waals surface area (Å²) in [7, 11) is 0. The predicted molar refractivity (Wildman–Crippen MR) is 75.8 cm³/mol. The Bertz CT molecular complexity index is 423. The van der Waals surface area contributed by atoms with Crippen LogP contribution in [0.15, 0.2) is 23.1 Å². The van der Waals surface area contributed by atoms with Crippen LogP contribution in [0.4, 0.5) is 13.2 Å². The van der Waals surface area contributed by atoms with Gasteiger partial charge in [-0.3, -0.25) is 0 Å². The molecular weight excluding hydrogens is 287 g/mol. The van der Waals surface area contributed by atoms with Crippen molar-refractivity contribution in [1.29, 1.82) is 0 Å². The lowest BCUT2D eigenvalue weighted by molar-refractivity contribution is -0.138. The summed E-state index contributed by atoms with van der Waals surface area (Å²) in [5.74, 6) is 0. The normalized spacial score (nSPS) is 13.5. The van der Waals surface area contributed by atoms with Crippen LogP contribution in [0.1, 0.15) is 31.4 Å². The Hall–Kier alpha value is -0.720. The molecule has 2 N–H and O–H groups in total. The standard InChI is InChI=1S/C14H20F3NOS/c1-3-18-9-11-4-5-12(20-10(2)6-7-19)8-13(11)14(15,16)17/h4-5,8,10,18-19H,3,6-7,9H2,1-2H3. The van der Waals surface area contributed by atoms with Crippen molar-refractivity contribution in [2.75, 3.05) is 13.2 Å². The highest BCUT2D eigenvalue weighted by atomic mass is 32.2. The minimum atomic E-state index is -4.35. The van der Waals surface area contributed by atoms with E-state index in [9.17, 15) is 13.2 Å². The lowest BCUT2D eigenvalue weighted by Crippen LogP contribution is -2.17. The van der Waals surface area contributed by atoms with Crippen molar-refractivity contribution >= 4 is 11.8 Å². The minimum Gasteiger partial charge on any atom is -0.396 e. The Morgan fingerprint density at radius 2 is 2.05 bits per heavy atom. The van der Waals surface area contributed by atoms with Gasteiger partial charge in [0.25, 0.3) is 0 Å². The Kier molecular flexibility index (Phi) is 6.85. The van der Waals surface area contributed by atoms with Crippen molar-refractivity contribution in [2.45, 2.75) is 43.1 Å². The fraction of sp³-hybridized carbons (Fsp3) is 0.571. The molecule has 2 nitrogen and oxygen atoms in total. The fourth-order valence-electron chi connectivity index (χ4n) is 1.78. The molecule has 0 spiro atoms. The molecule has 1 unspecified atom stereocenters. The van der Waals surface area contributed by atoms with Crippen molar-refractivity contribution in [3.8, 4) is 0 Å². The van der Waals surface area contributed by atoms with Gasteiger partial charge in [-0.2, -0.15) is 13.2 Å². The zero-order valence-corrected chi connectivity index (χ0v) is 12.4. The topological polar surface area (TPSA) is 32.3 Å². The fourth-order valence-corrected chi connectivity index (χ4v) is 2.80. The van der Waals surface area contributed by atoms with E-state index in [4.69, 9.17) is 5.11 Å². The summed E-state index contributed by atoms with van der Waals surface area (Å²) in [5.41, 5.74) is -0.321. The summed E-state index contributed by atoms with van der Waals surface area (Å²) in [4.78, 5) is 0.582. The maximum absolute atomic E-state index is 13.1. The Morgan fingerprint density at radius 3 is 2.60 bits per heavy atom. The summed E-state index contributed by atoms with van der Waals surface area (Å²) in [6.45, 7) is 4.62. The van der Waals surface area contributed by atoms with Gasteiger partial charge in [0.2, 0.25) is 0 Å². The highest BCUT2D eigenvalue weighted by Gasteiger charge is 2.33. The van der Waals surface area contributed by atoms with Crippen LogP contribution in [-0.2, 0) is 12.7 Å². The Morgan fingerprint density at radius 1 is 1.35 bits per heavy atom. The molecule has 0 heterocycles. The second-order valence-corrected chi connectivity index (χ2v) is 6.05. The van der Waals surface area contributed by atoms with E-state index in [1.807, 2.05) is 13.8 Å². The van der Waals surface area contributed by atoms with Crippen LogP contribution in [0, 0.1) is 0 Å². The average molecular weight is 307 g/mol. The lowest BCUT2D eigenvalue weighted by Gasteiger charge is -2.16. The molecule has 1 aromatic carbocycles. The van der Waals surface area contributed by atoms with Crippen molar-refractivity contribution in [2.24, 2.45) is 0 Å². The van der Waals surface area contributed by atoms with E-state index in [1.54, 1.807) is 6.07 Å². The van der Waals surface area contributed by atoms with E-state index in [1.165, 1.54) is 23.9 Å². The number of halogens is 3. The Balaban J connectivity index is 2.95. The largest absolute Gasteiger partial charge is 0.416 e. The van der Waals surface area contributed by atoms with Gasteiger partial charge in [0.1, 0.15) is 0 Å². The van der Waals surface area contributed by atoms with Gasteiger partial charge in [-0.05, 0) is 30.7 Å². The molecule has 0 aliphatic heterocycles. The molecule has 0 saturated carbocycles. The molecule has 1 aromatic rings. The summed E-state index contributed by atoms with van der Waals surface area (Å²) in [5, 5.41) is 11.8. The first-order chi connectivity index (χ1) is 9.38. The number of thioether (sulfide) groups is 1. The molecule has 0 aliphatic rings. The van der Waals surface area contributed by atoms with Crippen LogP contribution in [0.25, 0.3) is 0 Å². The van der Waals surface area contributed by atoms with Gasteiger partial charge in [0.05, 0.1) is 5.56 Å². The van der Waals surface area contributed by atoms with E-state index in [-0.39, 0.29) is 24.0 Å². The van der Waals surface area contributed by atoms with Gasteiger partial charge < -0.3 is 10.4 Å². The molecule has 0 radical (unpaired) electrons. The van der Waals surface area contributed by atoms with E-state index < -0.39 is 11.7 Å². The summed E-state index contributed by atoms with van der Waals surface area (Å²) in [6.07, 6.45) is -3.79. The smallest absolute Gasteiger partial charge is 0.396 e. The zero-order chi connectivity index (χ0) is 15.2. The van der Waals surface area contributed by atoms with Crippen LogP contribution in [0.5, 0.6) is 0 Å². The van der Waals surface area contributed by atoms with Crippen molar-refractivity contribution < 1.29 is 18.3 Å².